The van der Waals surface area contributed by atoms with E-state index in [1.807, 2.05) is 112 Å². The molecule has 0 aromatic heterocycles. The number of fused-ring (bicyclic) bond motifs is 1. The average molecular weight is 931 g/mol. The number of rotatable bonds is 20. The minimum atomic E-state index is -1.67. The smallest absolute Gasteiger partial charge is 0.467 e. The molecule has 4 aliphatic rings. The number of carbonyl (C=O) groups excluding carboxylic acids is 3. The van der Waals surface area contributed by atoms with Crippen molar-refractivity contribution in [3.63, 3.8) is 0 Å². The number of hydrogen-bond donors (Lipinski definition) is 1. The summed E-state index contributed by atoms with van der Waals surface area (Å²) < 4.78 is 75.2. The summed E-state index contributed by atoms with van der Waals surface area (Å²) in [6, 6.07) is 26.3. The van der Waals surface area contributed by atoms with Crippen LogP contribution in [-0.4, -0.2) is 124 Å². The van der Waals surface area contributed by atoms with Crippen LogP contribution in [-0.2, 0) is 81.5 Å². The highest BCUT2D eigenvalue weighted by Crippen LogP contribution is 2.39. The number of nitrogens with zero attached hydrogens (tertiary/aromatic N) is 3. The predicted molar refractivity (Wildman–Crippen MR) is 236 cm³/mol. The molecular formula is C48H58N4O15. The highest BCUT2D eigenvalue weighted by atomic mass is 16.8. The van der Waals surface area contributed by atoms with E-state index in [4.69, 9.17) is 56.8 Å². The molecule has 4 aliphatic heterocycles. The van der Waals surface area contributed by atoms with Gasteiger partial charge in [-0.3, -0.25) is 0 Å². The van der Waals surface area contributed by atoms with E-state index < -0.39 is 110 Å². The Hall–Kier alpha value is -5.60. The lowest BCUT2D eigenvalue weighted by molar-refractivity contribution is -0.360. The van der Waals surface area contributed by atoms with Gasteiger partial charge in [-0.25, -0.2) is 14.4 Å². The van der Waals surface area contributed by atoms with Crippen LogP contribution >= 0.6 is 0 Å². The molecule has 0 spiro atoms. The van der Waals surface area contributed by atoms with Gasteiger partial charge in [0.1, 0.15) is 43.2 Å². The maximum Gasteiger partial charge on any atom is 0.509 e. The molecule has 67 heavy (non-hydrogen) atoms. The van der Waals surface area contributed by atoms with Crippen LogP contribution in [0.25, 0.3) is 10.4 Å². The van der Waals surface area contributed by atoms with Crippen LogP contribution in [0.5, 0.6) is 0 Å². The monoisotopic (exact) mass is 930 g/mol. The number of nitrogens with one attached hydrogen (secondary N) is 1. The lowest BCUT2D eigenvalue weighted by Gasteiger charge is -2.50. The van der Waals surface area contributed by atoms with Gasteiger partial charge in [0, 0.05) is 4.91 Å². The maximum absolute atomic E-state index is 14.1. The summed E-state index contributed by atoms with van der Waals surface area (Å²) >= 11 is 0. The molecule has 3 aromatic rings. The van der Waals surface area contributed by atoms with Crippen LogP contribution in [0.4, 0.5) is 9.59 Å². The minimum absolute atomic E-state index is 0.0947. The number of amides is 1. The Morgan fingerprint density at radius 3 is 1.85 bits per heavy atom. The number of azide groups is 1. The summed E-state index contributed by atoms with van der Waals surface area (Å²) in [7, 11) is 1.17. The molecule has 1 amide bonds. The second-order valence-corrected chi connectivity index (χ2v) is 16.3. The van der Waals surface area contributed by atoms with Crippen molar-refractivity contribution < 1.29 is 71.2 Å². The lowest BCUT2D eigenvalue weighted by atomic mass is 9.92. The van der Waals surface area contributed by atoms with Crippen molar-refractivity contribution >= 4 is 18.2 Å². The molecule has 4 saturated heterocycles. The Labute approximate surface area is 388 Å². The van der Waals surface area contributed by atoms with Crippen molar-refractivity contribution in [1.82, 2.24) is 5.32 Å². The van der Waals surface area contributed by atoms with Crippen molar-refractivity contribution in [1.29, 1.82) is 0 Å². The highest BCUT2D eigenvalue weighted by molar-refractivity contribution is 5.75. The lowest BCUT2D eigenvalue weighted by Crippen LogP contribution is -2.68. The fourth-order valence-electron chi connectivity index (χ4n) is 8.73. The van der Waals surface area contributed by atoms with E-state index in [0.29, 0.717) is 18.4 Å². The summed E-state index contributed by atoms with van der Waals surface area (Å²) in [6.07, 6.45) is -14.4. The number of methoxy groups -OCH3 is 1. The zero-order valence-electron chi connectivity index (χ0n) is 37.8. The van der Waals surface area contributed by atoms with Gasteiger partial charge in [-0.15, -0.1) is 0 Å². The van der Waals surface area contributed by atoms with Crippen molar-refractivity contribution in [2.24, 2.45) is 5.11 Å². The first-order valence-corrected chi connectivity index (χ1v) is 22.4. The number of benzene rings is 3. The van der Waals surface area contributed by atoms with Crippen LogP contribution in [0.1, 0.15) is 50.3 Å². The largest absolute Gasteiger partial charge is 0.509 e. The van der Waals surface area contributed by atoms with E-state index in [1.54, 1.807) is 0 Å². The van der Waals surface area contributed by atoms with E-state index in [0.717, 1.165) is 11.1 Å². The van der Waals surface area contributed by atoms with Crippen molar-refractivity contribution in [3.05, 3.63) is 131 Å². The van der Waals surface area contributed by atoms with Crippen molar-refractivity contribution in [3.8, 4) is 0 Å². The van der Waals surface area contributed by atoms with E-state index >= 15 is 0 Å². The summed E-state index contributed by atoms with van der Waals surface area (Å²) in [5, 5.41) is 6.96. The van der Waals surface area contributed by atoms with Crippen LogP contribution in [0.15, 0.2) is 109 Å². The second-order valence-electron chi connectivity index (χ2n) is 16.3. The minimum Gasteiger partial charge on any atom is -0.467 e. The van der Waals surface area contributed by atoms with E-state index in [1.165, 1.54) is 13.2 Å². The molecule has 0 radical (unpaired) electrons. The quantitative estimate of drug-likeness (QED) is 0.0315. The van der Waals surface area contributed by atoms with E-state index in [9.17, 15) is 19.9 Å². The Morgan fingerprint density at radius 1 is 0.746 bits per heavy atom. The third-order valence-electron chi connectivity index (χ3n) is 12.0. The third-order valence-corrected chi connectivity index (χ3v) is 12.0. The average Bonchev–Trinajstić information content (AvgIpc) is 3.76. The first-order valence-electron chi connectivity index (χ1n) is 22.4. The summed E-state index contributed by atoms with van der Waals surface area (Å²) in [4.78, 5) is 43.5. The molecule has 0 bridgehead atoms. The molecule has 19 nitrogen and oxygen atoms in total. The zero-order valence-corrected chi connectivity index (χ0v) is 37.8. The van der Waals surface area contributed by atoms with Crippen LogP contribution in [0.3, 0.4) is 0 Å². The molecule has 360 valence electrons. The molecule has 6 unspecified atom stereocenters. The summed E-state index contributed by atoms with van der Waals surface area (Å²) in [5.74, 6) is -0.920. The van der Waals surface area contributed by atoms with Gasteiger partial charge >= 0.3 is 18.2 Å². The fourth-order valence-corrected chi connectivity index (χ4v) is 8.73. The van der Waals surface area contributed by atoms with Crippen LogP contribution in [0, 0.1) is 0 Å². The molecule has 15 atom stereocenters. The van der Waals surface area contributed by atoms with Gasteiger partial charge in [0.05, 0.1) is 51.3 Å². The first kappa shape index (κ1) is 49.3. The first-order chi connectivity index (χ1) is 32.7. The highest BCUT2D eigenvalue weighted by Gasteiger charge is 2.59. The van der Waals surface area contributed by atoms with Gasteiger partial charge in [0.15, 0.2) is 30.9 Å². The third kappa shape index (κ3) is 12.1. The SMILES string of the molecule is C=CCOC(=O)OC1[C@H](O[C@H]2C(CC)O[C@@H](C)C3NC(=O)O[C@H]32)OC(C(=O)OC)[C@H](O[C@@H]2OC(CC)[C@H](OCc3ccccc3)[C@H](OCc3ccccc3)C2N=[N+]=[N-])[C@@H]1OCc1ccccc1. The predicted octanol–water partition coefficient (Wildman–Crippen LogP) is 6.61. The van der Waals surface area contributed by atoms with Crippen LogP contribution in [0.2, 0.25) is 0 Å². The number of esters is 1. The Balaban J connectivity index is 1.28. The molecule has 4 heterocycles. The summed E-state index contributed by atoms with van der Waals surface area (Å²) in [6.45, 7) is 9.18. The molecule has 19 heteroatoms. The van der Waals surface area contributed by atoms with Crippen molar-refractivity contribution in [2.75, 3.05) is 13.7 Å². The molecule has 7 rings (SSSR count). The molecule has 3 aromatic carbocycles. The fraction of sp³-hybridized carbons (Fsp3) is 0.521. The van der Waals surface area contributed by atoms with Crippen molar-refractivity contribution in [2.45, 2.75) is 145 Å². The van der Waals surface area contributed by atoms with E-state index in [-0.39, 0.29) is 26.4 Å². The van der Waals surface area contributed by atoms with Gasteiger partial charge < -0.3 is 62.2 Å². The molecule has 0 saturated carbocycles. The van der Waals surface area contributed by atoms with Crippen LogP contribution < -0.4 is 5.32 Å². The molecular weight excluding hydrogens is 873 g/mol. The number of carbonyl (C=O) groups is 3. The van der Waals surface area contributed by atoms with Gasteiger partial charge in [0.2, 0.25) is 0 Å². The number of ether oxygens (including phenoxy) is 12. The molecule has 4 fully saturated rings. The number of alkyl carbamates (subject to hydrolysis) is 1. The standard InChI is InChI=1S/C48H58N4O15/c1-6-24-57-48(55)67-43-40(60-27-31-22-16-11-17-23-31)41(42(44(53)56-5)65-46(43)63-37-33(8-3)61-28(4)34-39(37)66-47(54)50-34)64-45-35(51-52-49)38(59-26-30-20-14-10-15-21-30)36(32(7-2)62-45)58-25-29-18-12-9-13-19-29/h6,9-23,28,32-43,45-46H,1,7-8,24-27H2,2-5H3,(H,50,54)/t28-,32?,33?,34?,35?,36-,37-,38+,39+,40-,41+,42?,43?,45-,46+/m0/s1. The van der Waals surface area contributed by atoms with Gasteiger partial charge in [-0.1, -0.05) is 123 Å². The summed E-state index contributed by atoms with van der Waals surface area (Å²) in [5.41, 5.74) is 12.6. The normalized spacial score (nSPS) is 32.4. The van der Waals surface area contributed by atoms with Gasteiger partial charge in [-0.2, -0.15) is 0 Å². The molecule has 0 aliphatic carbocycles. The number of hydrogen-bond acceptors (Lipinski definition) is 16. The van der Waals surface area contributed by atoms with Gasteiger partial charge in [-0.05, 0) is 42.0 Å². The Bertz CT molecular complexity index is 2120. The Morgan fingerprint density at radius 2 is 1.30 bits per heavy atom. The molecule has 1 N–H and O–H groups in total. The van der Waals surface area contributed by atoms with Gasteiger partial charge in [0.25, 0.3) is 0 Å². The second kappa shape index (κ2) is 23.9. The zero-order chi connectivity index (χ0) is 47.3. The Kier molecular flexibility index (Phi) is 17.6. The van der Waals surface area contributed by atoms with E-state index in [2.05, 4.69) is 21.9 Å². The maximum atomic E-state index is 14.1. The topological polar surface area (TPSA) is 223 Å².